The number of hydrogen-bond donors (Lipinski definition) is 0. The third-order valence-corrected chi connectivity index (χ3v) is 4.29. The molecule has 0 N–H and O–H groups in total. The van der Waals surface area contributed by atoms with E-state index in [0.717, 1.165) is 17.3 Å². The van der Waals surface area contributed by atoms with Crippen molar-refractivity contribution in [1.29, 1.82) is 0 Å². The predicted molar refractivity (Wildman–Crippen MR) is 42.3 cm³/mol. The summed E-state index contributed by atoms with van der Waals surface area (Å²) in [6.07, 6.45) is 6.16. The fourth-order valence-electron chi connectivity index (χ4n) is 1.44. The molecule has 1 fully saturated rings. The molecule has 2 heteroatoms. The molecule has 1 nitrogen and oxygen atoms in total. The molecule has 0 saturated heterocycles. The summed E-state index contributed by atoms with van der Waals surface area (Å²) in [7, 11) is 0. The molecule has 0 radical (unpaired) electrons. The van der Waals surface area contributed by atoms with Crippen LogP contribution in [-0.2, 0) is 17.5 Å². The fraction of sp³-hybridized carbons (Fsp3) is 0.778. The van der Waals surface area contributed by atoms with Crippen LogP contribution in [0, 0.1) is 0 Å². The third kappa shape index (κ3) is 2.53. The van der Waals surface area contributed by atoms with Crippen molar-refractivity contribution in [2.24, 2.45) is 0 Å². The SMILES string of the molecule is C=[C](C)[Co](=[O])[CH]1CCCCC1. The Morgan fingerprint density at radius 1 is 1.36 bits per heavy atom. The van der Waals surface area contributed by atoms with Crippen LogP contribution in [0.15, 0.2) is 11.1 Å². The maximum atomic E-state index is 11.5. The van der Waals surface area contributed by atoms with Crippen molar-refractivity contribution in [3.05, 3.63) is 11.1 Å². The van der Waals surface area contributed by atoms with Gasteiger partial charge in [0.05, 0.1) is 0 Å². The van der Waals surface area contributed by atoms with E-state index in [4.69, 9.17) is 0 Å². The van der Waals surface area contributed by atoms with Gasteiger partial charge in [0.25, 0.3) is 0 Å². The second-order valence-corrected chi connectivity index (χ2v) is 5.58. The van der Waals surface area contributed by atoms with Crippen LogP contribution in [0.5, 0.6) is 0 Å². The predicted octanol–water partition coefficient (Wildman–Crippen LogP) is 3.24. The molecule has 0 aromatic rings. The van der Waals surface area contributed by atoms with E-state index in [1.165, 1.54) is 19.3 Å². The minimum absolute atomic E-state index is 0.453. The van der Waals surface area contributed by atoms with E-state index in [2.05, 4.69) is 6.58 Å². The Kier molecular flexibility index (Phi) is 3.46. The van der Waals surface area contributed by atoms with Gasteiger partial charge in [0, 0.05) is 0 Å². The molecule has 1 aliphatic carbocycles. The Morgan fingerprint density at radius 3 is 2.36 bits per heavy atom. The first kappa shape index (κ1) is 9.14. The summed E-state index contributed by atoms with van der Waals surface area (Å²) in [4.78, 5) is 0.453. The van der Waals surface area contributed by atoms with Crippen molar-refractivity contribution in [3.63, 3.8) is 0 Å². The Labute approximate surface area is 72.8 Å². The molecule has 0 atom stereocenters. The number of rotatable bonds is 2. The zero-order valence-electron chi connectivity index (χ0n) is 7.06. The second kappa shape index (κ2) is 4.17. The van der Waals surface area contributed by atoms with Crippen molar-refractivity contribution >= 4 is 0 Å². The molecule has 67 valence electrons. The first-order valence-corrected chi connectivity index (χ1v) is 5.71. The molecule has 0 amide bonds. The average molecular weight is 199 g/mol. The normalized spacial score (nSPS) is 21.4. The first-order chi connectivity index (χ1) is 5.22. The van der Waals surface area contributed by atoms with Crippen LogP contribution in [-0.4, -0.2) is 0 Å². The molecule has 1 saturated carbocycles. The van der Waals surface area contributed by atoms with Gasteiger partial charge >= 0.3 is 72.4 Å². The van der Waals surface area contributed by atoms with Gasteiger partial charge in [0.2, 0.25) is 0 Å². The van der Waals surface area contributed by atoms with E-state index >= 15 is 0 Å². The van der Waals surface area contributed by atoms with Crippen molar-refractivity contribution < 1.29 is 17.5 Å². The quantitative estimate of drug-likeness (QED) is 0.667. The van der Waals surface area contributed by atoms with Gasteiger partial charge in [-0.1, -0.05) is 0 Å². The summed E-state index contributed by atoms with van der Waals surface area (Å²) in [5.74, 6) is 0. The molecule has 0 aliphatic heterocycles. The molecular formula is C9H16CoO. The fourth-order valence-corrected chi connectivity index (χ4v) is 3.14. The molecule has 11 heavy (non-hydrogen) atoms. The second-order valence-electron chi connectivity index (χ2n) is 3.08. The molecule has 0 aromatic heterocycles. The zero-order chi connectivity index (χ0) is 8.27. The topological polar surface area (TPSA) is 17.1 Å². The van der Waals surface area contributed by atoms with Crippen molar-refractivity contribution in [1.82, 2.24) is 0 Å². The van der Waals surface area contributed by atoms with E-state index in [9.17, 15) is 3.87 Å². The zero-order valence-corrected chi connectivity index (χ0v) is 8.10. The number of allylic oxidation sites excluding steroid dienone is 1. The first-order valence-electron chi connectivity index (χ1n) is 4.17. The Balaban J connectivity index is 2.45. The summed E-state index contributed by atoms with van der Waals surface area (Å²) < 4.78 is 12.4. The van der Waals surface area contributed by atoms with Crippen LogP contribution >= 0.6 is 0 Å². The maximum absolute atomic E-state index is 11.5. The van der Waals surface area contributed by atoms with Crippen molar-refractivity contribution in [3.8, 4) is 0 Å². The van der Waals surface area contributed by atoms with Gasteiger partial charge in [-0.05, 0) is 0 Å². The van der Waals surface area contributed by atoms with E-state index in [-0.39, 0.29) is 0 Å². The standard InChI is InChI=1S/C6H11.C3H5.Co.O/c1-2-4-6-5-3-1;1-3-2;;/h1H,2-6H2;1H2,2H3;;. The molecule has 0 heterocycles. The average Bonchev–Trinajstić information content (AvgIpc) is 2.05. The summed E-state index contributed by atoms with van der Waals surface area (Å²) in [6, 6.07) is 0. The van der Waals surface area contributed by atoms with Gasteiger partial charge in [-0.3, -0.25) is 0 Å². The third-order valence-electron chi connectivity index (χ3n) is 2.04. The molecule has 0 aromatic carbocycles. The van der Waals surface area contributed by atoms with Gasteiger partial charge in [-0.2, -0.15) is 0 Å². The van der Waals surface area contributed by atoms with Gasteiger partial charge in [-0.25, -0.2) is 0 Å². The van der Waals surface area contributed by atoms with Crippen LogP contribution in [0.3, 0.4) is 0 Å². The summed E-state index contributed by atoms with van der Waals surface area (Å²) in [5.41, 5.74) is 0. The van der Waals surface area contributed by atoms with Crippen LogP contribution in [0.1, 0.15) is 39.0 Å². The molecule has 1 rings (SSSR count). The monoisotopic (exact) mass is 199 g/mol. The van der Waals surface area contributed by atoms with Crippen molar-refractivity contribution in [2.75, 3.05) is 0 Å². The molecule has 0 bridgehead atoms. The van der Waals surface area contributed by atoms with Crippen LogP contribution < -0.4 is 0 Å². The molecule has 0 spiro atoms. The minimum atomic E-state index is -1.08. The summed E-state index contributed by atoms with van der Waals surface area (Å²) in [6.45, 7) is 5.63. The summed E-state index contributed by atoms with van der Waals surface area (Å²) >= 11 is -1.08. The summed E-state index contributed by atoms with van der Waals surface area (Å²) in [5, 5.41) is 0. The van der Waals surface area contributed by atoms with Crippen molar-refractivity contribution in [2.45, 2.75) is 43.9 Å². The van der Waals surface area contributed by atoms with E-state index < -0.39 is 13.6 Å². The Bertz CT molecular complexity index is 168. The van der Waals surface area contributed by atoms with Gasteiger partial charge in [-0.15, -0.1) is 0 Å². The van der Waals surface area contributed by atoms with Crippen LogP contribution in [0.4, 0.5) is 0 Å². The molecule has 0 unspecified atom stereocenters. The van der Waals surface area contributed by atoms with Gasteiger partial charge in [0.15, 0.2) is 0 Å². The van der Waals surface area contributed by atoms with Crippen LogP contribution in [0.2, 0.25) is 4.85 Å². The van der Waals surface area contributed by atoms with E-state index in [1.54, 1.807) is 0 Å². The van der Waals surface area contributed by atoms with Gasteiger partial charge in [0.1, 0.15) is 0 Å². The molecular weight excluding hydrogens is 183 g/mol. The number of hydrogen-bond acceptors (Lipinski definition) is 1. The van der Waals surface area contributed by atoms with E-state index in [1.807, 2.05) is 6.92 Å². The van der Waals surface area contributed by atoms with Crippen LogP contribution in [0.25, 0.3) is 0 Å². The Hall–Kier alpha value is 0.0465. The Morgan fingerprint density at radius 2 is 1.91 bits per heavy atom. The molecule has 1 aliphatic rings. The van der Waals surface area contributed by atoms with Gasteiger partial charge < -0.3 is 0 Å². The van der Waals surface area contributed by atoms with E-state index in [0.29, 0.717) is 4.85 Å².